The predicted octanol–water partition coefficient (Wildman–Crippen LogP) is 1.64. The fourth-order valence-corrected chi connectivity index (χ4v) is 1.56. The minimum Gasteiger partial charge on any atom is -0.418 e. The van der Waals surface area contributed by atoms with Crippen molar-refractivity contribution in [1.82, 2.24) is 4.57 Å². The van der Waals surface area contributed by atoms with E-state index in [1.807, 2.05) is 0 Å². The number of hydrogen-bond acceptors (Lipinski definition) is 2. The highest BCUT2D eigenvalue weighted by Gasteiger charge is 2.52. The van der Waals surface area contributed by atoms with Crippen molar-refractivity contribution in [1.29, 1.82) is 0 Å². The molecule has 1 heterocycles. The zero-order valence-electron chi connectivity index (χ0n) is 9.15. The third kappa shape index (κ3) is 2.78. The van der Waals surface area contributed by atoms with E-state index in [-0.39, 0.29) is 0 Å². The summed E-state index contributed by atoms with van der Waals surface area (Å²) in [5, 5.41) is 0. The number of imidazole rings is 1. The second-order valence-corrected chi connectivity index (χ2v) is 4.17. The van der Waals surface area contributed by atoms with Crippen molar-refractivity contribution in [3.05, 3.63) is 18.7 Å². The first-order chi connectivity index (χ1) is 7.88. The molecule has 0 bridgehead atoms. The topological polar surface area (TPSA) is 35.1 Å². The number of carbonyl (C=O) groups excluding carboxylic acids is 1. The maximum Gasteiger partial charge on any atom is 0.512 e. The molecular formula is C10H12F3N2O2+. The van der Waals surface area contributed by atoms with Crippen LogP contribution in [-0.4, -0.2) is 22.9 Å². The summed E-state index contributed by atoms with van der Waals surface area (Å²) in [6.45, 7) is 0. The molecule has 1 saturated carbocycles. The highest BCUT2D eigenvalue weighted by molar-refractivity contribution is 5.70. The Kier molecular flexibility index (Phi) is 2.84. The average Bonchev–Trinajstić information content (AvgIpc) is 2.95. The molecule has 2 rings (SSSR count). The maximum absolute atomic E-state index is 12.6. The molecule has 0 aliphatic heterocycles. The van der Waals surface area contributed by atoms with Crippen LogP contribution in [0, 0.1) is 5.92 Å². The number of rotatable bonds is 2. The molecule has 4 nitrogen and oxygen atoms in total. The van der Waals surface area contributed by atoms with Gasteiger partial charge >= 0.3 is 12.3 Å². The van der Waals surface area contributed by atoms with Crippen molar-refractivity contribution < 1.29 is 27.3 Å². The molecule has 0 radical (unpaired) electrons. The van der Waals surface area contributed by atoms with Gasteiger partial charge in [0.25, 0.3) is 6.33 Å². The lowest BCUT2D eigenvalue weighted by Crippen LogP contribution is -2.37. The second kappa shape index (κ2) is 4.05. The van der Waals surface area contributed by atoms with Crippen LogP contribution in [0.1, 0.15) is 12.8 Å². The summed E-state index contributed by atoms with van der Waals surface area (Å²) in [6, 6.07) is 0. The van der Waals surface area contributed by atoms with Crippen molar-refractivity contribution in [2.24, 2.45) is 13.0 Å². The quantitative estimate of drug-likeness (QED) is 0.747. The molecule has 1 aliphatic carbocycles. The van der Waals surface area contributed by atoms with Crippen LogP contribution in [0.3, 0.4) is 0 Å². The van der Waals surface area contributed by atoms with Gasteiger partial charge in [0.1, 0.15) is 12.4 Å². The van der Waals surface area contributed by atoms with Gasteiger partial charge in [-0.05, 0) is 12.8 Å². The molecule has 1 aromatic rings. The molecule has 94 valence electrons. The molecule has 0 amide bonds. The van der Waals surface area contributed by atoms with Crippen molar-refractivity contribution in [2.45, 2.75) is 25.1 Å². The van der Waals surface area contributed by atoms with Crippen LogP contribution in [0.4, 0.5) is 18.0 Å². The maximum atomic E-state index is 12.6. The Hall–Kier alpha value is -1.53. The monoisotopic (exact) mass is 249 g/mol. The Morgan fingerprint density at radius 1 is 1.53 bits per heavy atom. The largest absolute Gasteiger partial charge is 0.512 e. The standard InChI is InChI=1S/C10H12F3N2O2/c1-14-4-5-15(6-14)9(16)17-8(7-2-3-7)10(11,12)13/h4-8H,2-3H2,1H3/q+1. The summed E-state index contributed by atoms with van der Waals surface area (Å²) < 4.78 is 44.9. The minimum absolute atomic E-state index is 0.455. The summed E-state index contributed by atoms with van der Waals surface area (Å²) in [4.78, 5) is 11.5. The average molecular weight is 249 g/mol. The van der Waals surface area contributed by atoms with Crippen LogP contribution in [0.25, 0.3) is 0 Å². The van der Waals surface area contributed by atoms with Gasteiger partial charge in [-0.25, -0.2) is 4.57 Å². The number of nitrogens with zero attached hydrogens (tertiary/aromatic N) is 2. The Morgan fingerprint density at radius 3 is 2.59 bits per heavy atom. The molecule has 1 unspecified atom stereocenters. The van der Waals surface area contributed by atoms with Crippen LogP contribution < -0.4 is 4.57 Å². The van der Waals surface area contributed by atoms with Gasteiger partial charge < -0.3 is 4.74 Å². The Balaban J connectivity index is 2.06. The van der Waals surface area contributed by atoms with E-state index in [2.05, 4.69) is 4.74 Å². The lowest BCUT2D eigenvalue weighted by atomic mass is 10.2. The van der Waals surface area contributed by atoms with Crippen molar-refractivity contribution in [3.63, 3.8) is 0 Å². The van der Waals surface area contributed by atoms with Crippen molar-refractivity contribution in [3.8, 4) is 0 Å². The van der Waals surface area contributed by atoms with E-state index in [1.165, 1.54) is 12.5 Å². The predicted molar refractivity (Wildman–Crippen MR) is 50.1 cm³/mol. The molecular weight excluding hydrogens is 237 g/mol. The first-order valence-corrected chi connectivity index (χ1v) is 5.19. The third-order valence-corrected chi connectivity index (χ3v) is 2.58. The molecule has 7 heteroatoms. The first kappa shape index (κ1) is 11.9. The van der Waals surface area contributed by atoms with E-state index < -0.39 is 24.3 Å². The molecule has 0 aromatic carbocycles. The van der Waals surface area contributed by atoms with Crippen LogP contribution in [-0.2, 0) is 11.8 Å². The van der Waals surface area contributed by atoms with E-state index in [0.29, 0.717) is 12.8 Å². The highest BCUT2D eigenvalue weighted by atomic mass is 19.4. The van der Waals surface area contributed by atoms with Gasteiger partial charge in [-0.1, -0.05) is 0 Å². The molecule has 1 fully saturated rings. The zero-order chi connectivity index (χ0) is 12.6. The van der Waals surface area contributed by atoms with Crippen LogP contribution in [0.15, 0.2) is 18.7 Å². The lowest BCUT2D eigenvalue weighted by Gasteiger charge is -2.18. The number of aromatic nitrogens is 2. The zero-order valence-corrected chi connectivity index (χ0v) is 9.15. The molecule has 0 spiro atoms. The summed E-state index contributed by atoms with van der Waals surface area (Å²) >= 11 is 0. The van der Waals surface area contributed by atoms with Crippen LogP contribution in [0.5, 0.6) is 0 Å². The van der Waals surface area contributed by atoms with Gasteiger partial charge in [-0.2, -0.15) is 18.0 Å². The van der Waals surface area contributed by atoms with Gasteiger partial charge in [-0.15, -0.1) is 4.57 Å². The second-order valence-electron chi connectivity index (χ2n) is 4.17. The fourth-order valence-electron chi connectivity index (χ4n) is 1.56. The summed E-state index contributed by atoms with van der Waals surface area (Å²) in [6.07, 6.45) is -2.32. The molecule has 1 atom stereocenters. The van der Waals surface area contributed by atoms with E-state index in [4.69, 9.17) is 0 Å². The van der Waals surface area contributed by atoms with E-state index in [1.54, 1.807) is 17.8 Å². The van der Waals surface area contributed by atoms with Crippen molar-refractivity contribution >= 4 is 6.09 Å². The highest BCUT2D eigenvalue weighted by Crippen LogP contribution is 2.42. The molecule has 0 N–H and O–H groups in total. The van der Waals surface area contributed by atoms with E-state index >= 15 is 0 Å². The molecule has 0 saturated heterocycles. The van der Waals surface area contributed by atoms with Gasteiger partial charge in [0.2, 0.25) is 6.10 Å². The number of halogens is 3. The van der Waals surface area contributed by atoms with Crippen LogP contribution in [0.2, 0.25) is 0 Å². The molecule has 17 heavy (non-hydrogen) atoms. The van der Waals surface area contributed by atoms with Crippen LogP contribution >= 0.6 is 0 Å². The minimum atomic E-state index is -4.49. The number of aryl methyl sites for hydroxylation is 1. The van der Waals surface area contributed by atoms with Crippen molar-refractivity contribution in [2.75, 3.05) is 0 Å². The number of alkyl halides is 3. The lowest BCUT2D eigenvalue weighted by molar-refractivity contribution is -0.670. The molecule has 1 aromatic heterocycles. The summed E-state index contributed by atoms with van der Waals surface area (Å²) in [5.74, 6) is -0.580. The van der Waals surface area contributed by atoms with E-state index in [0.717, 1.165) is 4.57 Å². The number of ether oxygens (including phenoxy) is 1. The molecule has 1 aliphatic rings. The first-order valence-electron chi connectivity index (χ1n) is 5.19. The number of hydrogen-bond donors (Lipinski definition) is 0. The van der Waals surface area contributed by atoms with Gasteiger partial charge in [0.05, 0.1) is 7.05 Å². The van der Waals surface area contributed by atoms with Gasteiger partial charge in [-0.3, -0.25) is 0 Å². The fraction of sp³-hybridized carbons (Fsp3) is 0.600. The Morgan fingerprint density at radius 2 is 2.18 bits per heavy atom. The summed E-state index contributed by atoms with van der Waals surface area (Å²) in [7, 11) is 1.66. The van der Waals surface area contributed by atoms with E-state index in [9.17, 15) is 18.0 Å². The SMILES string of the molecule is C[n+]1ccn(C(=O)OC(C2CC2)C(F)(F)F)c1. The smallest absolute Gasteiger partial charge is 0.418 e. The Labute approximate surface area is 95.6 Å². The van der Waals surface area contributed by atoms with Gasteiger partial charge in [0, 0.05) is 5.92 Å². The summed E-state index contributed by atoms with van der Waals surface area (Å²) in [5.41, 5.74) is 0. The normalized spacial score (nSPS) is 17.9. The number of carbonyl (C=O) groups is 1. The Bertz CT molecular complexity index is 423. The third-order valence-electron chi connectivity index (χ3n) is 2.58. The van der Waals surface area contributed by atoms with Gasteiger partial charge in [0.15, 0.2) is 0 Å².